The topological polar surface area (TPSA) is 44.8 Å². The fourth-order valence-corrected chi connectivity index (χ4v) is 2.72. The maximum Gasteiger partial charge on any atom is 0.305 e. The highest BCUT2D eigenvalue weighted by Gasteiger charge is 2.34. The molecule has 0 bridgehead atoms. The number of hydrogen-bond donors (Lipinski definition) is 0. The minimum Gasteiger partial charge on any atom is -0.469 e. The Labute approximate surface area is 120 Å². The zero-order valence-corrected chi connectivity index (χ0v) is 12.1. The number of carbonyl (C=O) groups excluding carboxylic acids is 1. The predicted octanol–water partition coefficient (Wildman–Crippen LogP) is 2.73. The van der Waals surface area contributed by atoms with Crippen LogP contribution in [0.1, 0.15) is 31.2 Å². The molecule has 0 amide bonds. The van der Waals surface area contributed by atoms with Crippen molar-refractivity contribution < 1.29 is 19.0 Å². The van der Waals surface area contributed by atoms with Gasteiger partial charge in [0, 0.05) is 25.4 Å². The van der Waals surface area contributed by atoms with Crippen LogP contribution in [0.25, 0.3) is 0 Å². The van der Waals surface area contributed by atoms with Crippen molar-refractivity contribution in [2.24, 2.45) is 5.92 Å². The van der Waals surface area contributed by atoms with Gasteiger partial charge in [-0.25, -0.2) is 0 Å². The van der Waals surface area contributed by atoms with Crippen LogP contribution in [0.4, 0.5) is 0 Å². The summed E-state index contributed by atoms with van der Waals surface area (Å²) in [7, 11) is 1.43. The van der Waals surface area contributed by atoms with Crippen molar-refractivity contribution in [3.63, 3.8) is 0 Å². The highest BCUT2D eigenvalue weighted by atomic mass is 16.7. The minimum absolute atomic E-state index is 0.173. The standard InChI is InChI=1S/C16H22O4/c1-3-19-16-10-13(9-15(17)18-2)14(11-20-16)12-7-5-4-6-8-12/h4-8,13-14,16H,3,9-11H2,1-2H3/t13-,14+,16?/m1/s1. The summed E-state index contributed by atoms with van der Waals surface area (Å²) in [5, 5.41) is 0. The maximum absolute atomic E-state index is 11.6. The van der Waals surface area contributed by atoms with Crippen LogP contribution >= 0.6 is 0 Å². The monoisotopic (exact) mass is 278 g/mol. The van der Waals surface area contributed by atoms with Crippen molar-refractivity contribution in [1.29, 1.82) is 0 Å². The lowest BCUT2D eigenvalue weighted by molar-refractivity contribution is -0.181. The molecule has 0 aromatic heterocycles. The molecule has 1 aromatic rings. The SMILES string of the molecule is CCOC1C[C@@H](CC(=O)OC)[C@H](c2ccccc2)CO1. The van der Waals surface area contributed by atoms with Crippen molar-refractivity contribution in [3.8, 4) is 0 Å². The molecule has 1 unspecified atom stereocenters. The van der Waals surface area contributed by atoms with Crippen LogP contribution in [0.3, 0.4) is 0 Å². The molecule has 0 radical (unpaired) electrons. The Balaban J connectivity index is 2.10. The zero-order chi connectivity index (χ0) is 14.4. The van der Waals surface area contributed by atoms with Gasteiger partial charge >= 0.3 is 5.97 Å². The number of methoxy groups -OCH3 is 1. The molecule has 0 aliphatic carbocycles. The Morgan fingerprint density at radius 2 is 2.10 bits per heavy atom. The summed E-state index contributed by atoms with van der Waals surface area (Å²) < 4.78 is 16.1. The van der Waals surface area contributed by atoms with E-state index in [1.54, 1.807) is 0 Å². The molecule has 2 rings (SSSR count). The van der Waals surface area contributed by atoms with Gasteiger partial charge in [-0.2, -0.15) is 0 Å². The molecule has 1 fully saturated rings. The molecule has 4 nitrogen and oxygen atoms in total. The first-order chi connectivity index (χ1) is 9.74. The van der Waals surface area contributed by atoms with Crippen molar-refractivity contribution in [2.45, 2.75) is 32.0 Å². The molecule has 1 aliphatic heterocycles. The third-order valence-corrected chi connectivity index (χ3v) is 3.76. The van der Waals surface area contributed by atoms with E-state index in [0.29, 0.717) is 19.6 Å². The van der Waals surface area contributed by atoms with Crippen molar-refractivity contribution in [2.75, 3.05) is 20.3 Å². The fourth-order valence-electron chi connectivity index (χ4n) is 2.72. The van der Waals surface area contributed by atoms with E-state index in [1.807, 2.05) is 25.1 Å². The van der Waals surface area contributed by atoms with Gasteiger partial charge in [-0.15, -0.1) is 0 Å². The Bertz CT molecular complexity index is 418. The van der Waals surface area contributed by atoms with Crippen LogP contribution in [0, 0.1) is 5.92 Å². The second kappa shape index (κ2) is 7.41. The first kappa shape index (κ1) is 15.0. The van der Waals surface area contributed by atoms with E-state index in [9.17, 15) is 4.79 Å². The molecular formula is C16H22O4. The van der Waals surface area contributed by atoms with Crippen molar-refractivity contribution in [1.82, 2.24) is 0 Å². The number of carbonyl (C=O) groups is 1. The summed E-state index contributed by atoms with van der Waals surface area (Å²) in [6, 6.07) is 10.2. The molecule has 4 heteroatoms. The molecule has 0 saturated carbocycles. The fraction of sp³-hybridized carbons (Fsp3) is 0.562. The number of benzene rings is 1. The van der Waals surface area contributed by atoms with Gasteiger partial charge in [0.25, 0.3) is 0 Å². The highest BCUT2D eigenvalue weighted by Crippen LogP contribution is 2.36. The largest absolute Gasteiger partial charge is 0.469 e. The van der Waals surface area contributed by atoms with Crippen LogP contribution in [0.5, 0.6) is 0 Å². The number of ether oxygens (including phenoxy) is 3. The highest BCUT2D eigenvalue weighted by molar-refractivity contribution is 5.69. The van der Waals surface area contributed by atoms with E-state index < -0.39 is 0 Å². The van der Waals surface area contributed by atoms with Gasteiger partial charge in [-0.05, 0) is 18.4 Å². The quantitative estimate of drug-likeness (QED) is 0.777. The lowest BCUT2D eigenvalue weighted by atomic mass is 9.80. The number of hydrogen-bond acceptors (Lipinski definition) is 4. The molecule has 0 spiro atoms. The Morgan fingerprint density at radius 3 is 2.75 bits per heavy atom. The van der Waals surface area contributed by atoms with Gasteiger partial charge in [0.15, 0.2) is 6.29 Å². The molecule has 110 valence electrons. The van der Waals surface area contributed by atoms with Gasteiger partial charge in [-0.3, -0.25) is 4.79 Å². The average molecular weight is 278 g/mol. The van der Waals surface area contributed by atoms with Crippen LogP contribution in [0.15, 0.2) is 30.3 Å². The molecule has 20 heavy (non-hydrogen) atoms. The van der Waals surface area contributed by atoms with E-state index in [1.165, 1.54) is 12.7 Å². The third kappa shape index (κ3) is 3.81. The van der Waals surface area contributed by atoms with E-state index in [2.05, 4.69) is 12.1 Å². The first-order valence-electron chi connectivity index (χ1n) is 7.09. The van der Waals surface area contributed by atoms with Gasteiger partial charge < -0.3 is 14.2 Å². The summed E-state index contributed by atoms with van der Waals surface area (Å²) >= 11 is 0. The second-order valence-corrected chi connectivity index (χ2v) is 5.01. The summed E-state index contributed by atoms with van der Waals surface area (Å²) in [4.78, 5) is 11.6. The summed E-state index contributed by atoms with van der Waals surface area (Å²) in [5.41, 5.74) is 1.20. The van der Waals surface area contributed by atoms with Gasteiger partial charge in [-0.1, -0.05) is 30.3 Å². The molecule has 0 N–H and O–H groups in total. The minimum atomic E-state index is -0.213. The predicted molar refractivity (Wildman–Crippen MR) is 75.3 cm³/mol. The zero-order valence-electron chi connectivity index (χ0n) is 12.1. The summed E-state index contributed by atoms with van der Waals surface area (Å²) in [5.74, 6) is 0.232. The van der Waals surface area contributed by atoms with E-state index in [0.717, 1.165) is 6.42 Å². The lowest BCUT2D eigenvalue weighted by Gasteiger charge is -2.35. The Hall–Kier alpha value is -1.39. The van der Waals surface area contributed by atoms with E-state index in [4.69, 9.17) is 14.2 Å². The van der Waals surface area contributed by atoms with Gasteiger partial charge in [0.2, 0.25) is 0 Å². The Morgan fingerprint density at radius 1 is 1.35 bits per heavy atom. The van der Waals surface area contributed by atoms with Crippen molar-refractivity contribution in [3.05, 3.63) is 35.9 Å². The Kier molecular flexibility index (Phi) is 5.56. The van der Waals surface area contributed by atoms with Gasteiger partial charge in [0.05, 0.1) is 13.7 Å². The third-order valence-electron chi connectivity index (χ3n) is 3.76. The number of rotatable bonds is 5. The van der Waals surface area contributed by atoms with E-state index >= 15 is 0 Å². The van der Waals surface area contributed by atoms with Crippen LogP contribution in [0.2, 0.25) is 0 Å². The normalized spacial score (nSPS) is 26.2. The smallest absolute Gasteiger partial charge is 0.305 e. The first-order valence-corrected chi connectivity index (χ1v) is 7.09. The van der Waals surface area contributed by atoms with Crippen LogP contribution in [-0.4, -0.2) is 32.6 Å². The molecule has 1 heterocycles. The summed E-state index contributed by atoms with van der Waals surface area (Å²) in [6.07, 6.45) is 0.917. The summed E-state index contributed by atoms with van der Waals surface area (Å²) in [6.45, 7) is 3.14. The lowest BCUT2D eigenvalue weighted by Crippen LogP contribution is -2.35. The van der Waals surface area contributed by atoms with Gasteiger partial charge in [0.1, 0.15) is 0 Å². The number of esters is 1. The van der Waals surface area contributed by atoms with Crippen LogP contribution in [-0.2, 0) is 19.0 Å². The van der Waals surface area contributed by atoms with Crippen LogP contribution < -0.4 is 0 Å². The molecule has 1 aromatic carbocycles. The molecule has 3 atom stereocenters. The molecule has 1 saturated heterocycles. The van der Waals surface area contributed by atoms with Crippen molar-refractivity contribution >= 4 is 5.97 Å². The maximum atomic E-state index is 11.6. The molecule has 1 aliphatic rings. The second-order valence-electron chi connectivity index (χ2n) is 5.01. The molecular weight excluding hydrogens is 256 g/mol. The average Bonchev–Trinajstić information content (AvgIpc) is 2.48. The van der Waals surface area contributed by atoms with E-state index in [-0.39, 0.29) is 24.1 Å².